The number of thiazole rings is 1. The molecular formula is C24H19FN4O3S2. The topological polar surface area (TPSA) is 93.2 Å². The van der Waals surface area contributed by atoms with E-state index in [9.17, 15) is 14.0 Å². The van der Waals surface area contributed by atoms with E-state index in [1.165, 1.54) is 54.5 Å². The normalized spacial score (nSPS) is 10.6. The number of hydrogen-bond acceptors (Lipinski definition) is 7. The third kappa shape index (κ3) is 5.41. The van der Waals surface area contributed by atoms with E-state index < -0.39 is 0 Å². The van der Waals surface area contributed by atoms with Gasteiger partial charge in [0.05, 0.1) is 4.88 Å². The second kappa shape index (κ2) is 10.4. The molecule has 2 N–H and O–H groups in total. The van der Waals surface area contributed by atoms with Crippen LogP contribution in [0, 0.1) is 5.82 Å². The Kier molecular flexibility index (Phi) is 7.19. The van der Waals surface area contributed by atoms with Gasteiger partial charge in [-0.05, 0) is 54.3 Å². The van der Waals surface area contributed by atoms with Gasteiger partial charge in [0.2, 0.25) is 0 Å². The Balaban J connectivity index is 1.49. The number of thioether (sulfide) groups is 1. The van der Waals surface area contributed by atoms with Crippen LogP contribution in [0.15, 0.2) is 71.2 Å². The second-order valence-electron chi connectivity index (χ2n) is 6.90. The summed E-state index contributed by atoms with van der Waals surface area (Å²) in [5.74, 6) is -0.0360. The molecule has 10 heteroatoms. The molecule has 2 heterocycles. The van der Waals surface area contributed by atoms with Gasteiger partial charge < -0.3 is 15.4 Å². The molecule has 0 unspecified atom stereocenters. The summed E-state index contributed by atoms with van der Waals surface area (Å²) in [5, 5.41) is 5.36. The molecule has 0 saturated heterocycles. The van der Waals surface area contributed by atoms with E-state index >= 15 is 0 Å². The van der Waals surface area contributed by atoms with Crippen molar-refractivity contribution in [3.8, 4) is 21.9 Å². The molecule has 0 aliphatic rings. The van der Waals surface area contributed by atoms with Gasteiger partial charge in [-0.15, -0.1) is 11.3 Å². The monoisotopic (exact) mass is 494 g/mol. The number of pyridine rings is 1. The van der Waals surface area contributed by atoms with Crippen LogP contribution in [0.2, 0.25) is 0 Å². The number of anilines is 1. The summed E-state index contributed by atoms with van der Waals surface area (Å²) in [4.78, 5) is 33.8. The van der Waals surface area contributed by atoms with E-state index in [1.807, 2.05) is 6.26 Å². The van der Waals surface area contributed by atoms with E-state index in [0.29, 0.717) is 22.1 Å². The highest BCUT2D eigenvalue weighted by Gasteiger charge is 2.20. The van der Waals surface area contributed by atoms with Crippen molar-refractivity contribution in [2.24, 2.45) is 0 Å². The van der Waals surface area contributed by atoms with Crippen molar-refractivity contribution in [1.29, 1.82) is 0 Å². The van der Waals surface area contributed by atoms with Crippen LogP contribution in [-0.2, 0) is 0 Å². The first-order chi connectivity index (χ1) is 16.5. The molecule has 2 aromatic carbocycles. The van der Waals surface area contributed by atoms with Gasteiger partial charge in [-0.2, -0.15) is 0 Å². The van der Waals surface area contributed by atoms with Crippen molar-refractivity contribution < 1.29 is 18.7 Å². The molecule has 0 radical (unpaired) electrons. The number of nitrogens with one attached hydrogen (secondary N) is 2. The largest absolute Gasteiger partial charge is 0.457 e. The molecule has 0 aliphatic carbocycles. The van der Waals surface area contributed by atoms with Crippen LogP contribution >= 0.6 is 23.1 Å². The molecule has 0 bridgehead atoms. The van der Waals surface area contributed by atoms with Crippen LogP contribution < -0.4 is 15.4 Å². The van der Waals surface area contributed by atoms with Gasteiger partial charge in [0.1, 0.15) is 28.7 Å². The Bertz CT molecular complexity index is 1330. The maximum absolute atomic E-state index is 13.3. The minimum atomic E-state index is -0.367. The highest BCUT2D eigenvalue weighted by atomic mass is 32.2. The lowest BCUT2D eigenvalue weighted by Crippen LogP contribution is -2.18. The van der Waals surface area contributed by atoms with Crippen molar-refractivity contribution >= 4 is 40.6 Å². The fourth-order valence-corrected chi connectivity index (χ4v) is 4.56. The standard InChI is InChI=1S/C24H19FN4O3S2/c1-26-22(30)19-13-18(11-12-27-19)32-17-9-7-16(8-10-17)28-23(31)20-21(34-24(29-20)33-2)14-3-5-15(25)6-4-14/h3-13H,1-2H3,(H,26,30)(H,28,31). The van der Waals surface area contributed by atoms with Gasteiger partial charge in [-0.25, -0.2) is 9.37 Å². The molecule has 0 fully saturated rings. The Morgan fingerprint density at radius 1 is 1.00 bits per heavy atom. The van der Waals surface area contributed by atoms with Gasteiger partial charge in [-0.1, -0.05) is 23.9 Å². The number of benzene rings is 2. The van der Waals surface area contributed by atoms with Crippen molar-refractivity contribution in [2.75, 3.05) is 18.6 Å². The van der Waals surface area contributed by atoms with Gasteiger partial charge >= 0.3 is 0 Å². The Morgan fingerprint density at radius 2 is 1.74 bits per heavy atom. The van der Waals surface area contributed by atoms with E-state index in [-0.39, 0.29) is 29.0 Å². The molecule has 0 spiro atoms. The van der Waals surface area contributed by atoms with E-state index in [4.69, 9.17) is 4.74 Å². The number of nitrogens with zero attached hydrogens (tertiary/aromatic N) is 2. The fraction of sp³-hybridized carbons (Fsp3) is 0.0833. The minimum absolute atomic E-state index is 0.244. The zero-order valence-electron chi connectivity index (χ0n) is 18.2. The van der Waals surface area contributed by atoms with Gasteiger partial charge in [0, 0.05) is 25.0 Å². The lowest BCUT2D eigenvalue weighted by Gasteiger charge is -2.09. The summed E-state index contributed by atoms with van der Waals surface area (Å²) >= 11 is 2.82. The van der Waals surface area contributed by atoms with E-state index in [1.54, 1.807) is 42.5 Å². The summed E-state index contributed by atoms with van der Waals surface area (Å²) in [7, 11) is 1.53. The summed E-state index contributed by atoms with van der Waals surface area (Å²) < 4.78 is 19.9. The zero-order chi connectivity index (χ0) is 24.1. The summed E-state index contributed by atoms with van der Waals surface area (Å²) in [5.41, 5.74) is 1.80. The summed E-state index contributed by atoms with van der Waals surface area (Å²) in [6.07, 6.45) is 3.37. The Hall–Kier alpha value is -3.76. The van der Waals surface area contributed by atoms with Crippen LogP contribution in [0.3, 0.4) is 0 Å². The summed E-state index contributed by atoms with van der Waals surface area (Å²) in [6.45, 7) is 0. The van der Waals surface area contributed by atoms with Crippen LogP contribution in [0.1, 0.15) is 21.0 Å². The van der Waals surface area contributed by atoms with Crippen molar-refractivity contribution in [2.45, 2.75) is 4.34 Å². The molecular weight excluding hydrogens is 475 g/mol. The number of carbonyl (C=O) groups is 2. The minimum Gasteiger partial charge on any atom is -0.457 e. The lowest BCUT2D eigenvalue weighted by molar-refractivity contribution is 0.0957. The van der Waals surface area contributed by atoms with Gasteiger partial charge in [0.15, 0.2) is 4.34 Å². The first-order valence-electron chi connectivity index (χ1n) is 10.0. The molecule has 34 heavy (non-hydrogen) atoms. The van der Waals surface area contributed by atoms with Gasteiger partial charge in [0.25, 0.3) is 11.8 Å². The quantitative estimate of drug-likeness (QED) is 0.331. The Labute approximate surface area is 203 Å². The van der Waals surface area contributed by atoms with Crippen molar-refractivity contribution in [3.63, 3.8) is 0 Å². The van der Waals surface area contributed by atoms with Crippen molar-refractivity contribution in [1.82, 2.24) is 15.3 Å². The summed E-state index contributed by atoms with van der Waals surface area (Å²) in [6, 6.07) is 16.0. The molecule has 0 saturated carbocycles. The molecule has 4 aromatic rings. The average molecular weight is 495 g/mol. The van der Waals surface area contributed by atoms with Crippen LogP contribution in [-0.4, -0.2) is 35.1 Å². The molecule has 7 nitrogen and oxygen atoms in total. The number of halogens is 1. The Morgan fingerprint density at radius 3 is 2.41 bits per heavy atom. The first-order valence-corrected chi connectivity index (χ1v) is 12.1. The number of amides is 2. The number of aromatic nitrogens is 2. The van der Waals surface area contributed by atoms with Crippen LogP contribution in [0.5, 0.6) is 11.5 Å². The third-order valence-corrected chi connectivity index (χ3v) is 6.73. The van der Waals surface area contributed by atoms with Crippen molar-refractivity contribution in [3.05, 3.63) is 84.1 Å². The molecule has 0 aliphatic heterocycles. The number of hydrogen-bond donors (Lipinski definition) is 2. The second-order valence-corrected chi connectivity index (χ2v) is 8.96. The van der Waals surface area contributed by atoms with Crippen LogP contribution in [0.25, 0.3) is 10.4 Å². The molecule has 172 valence electrons. The smallest absolute Gasteiger partial charge is 0.275 e. The van der Waals surface area contributed by atoms with Gasteiger partial charge in [-0.3, -0.25) is 14.6 Å². The maximum atomic E-state index is 13.3. The highest BCUT2D eigenvalue weighted by molar-refractivity contribution is 8.00. The fourth-order valence-electron chi connectivity index (χ4n) is 3.00. The predicted molar refractivity (Wildman–Crippen MR) is 131 cm³/mol. The maximum Gasteiger partial charge on any atom is 0.275 e. The molecule has 2 aromatic heterocycles. The SMILES string of the molecule is CNC(=O)c1cc(Oc2ccc(NC(=O)c3nc(SC)sc3-c3ccc(F)cc3)cc2)ccn1. The van der Waals surface area contributed by atoms with E-state index in [0.717, 1.165) is 9.90 Å². The highest BCUT2D eigenvalue weighted by Crippen LogP contribution is 2.35. The average Bonchev–Trinajstić information content (AvgIpc) is 3.30. The first kappa shape index (κ1) is 23.4. The molecule has 2 amide bonds. The molecule has 4 rings (SSSR count). The van der Waals surface area contributed by atoms with E-state index in [2.05, 4.69) is 20.6 Å². The predicted octanol–water partition coefficient (Wildman–Crippen LogP) is 5.47. The van der Waals surface area contributed by atoms with Crippen LogP contribution in [0.4, 0.5) is 10.1 Å². The number of carbonyl (C=O) groups excluding carboxylic acids is 2. The molecule has 0 atom stereocenters. The number of ether oxygens (including phenoxy) is 1. The lowest BCUT2D eigenvalue weighted by atomic mass is 10.1. The third-order valence-electron chi connectivity index (χ3n) is 4.64. The number of rotatable bonds is 7. The zero-order valence-corrected chi connectivity index (χ0v) is 19.8.